The van der Waals surface area contributed by atoms with Gasteiger partial charge in [0, 0.05) is 5.03 Å². The Labute approximate surface area is 75.2 Å². The van der Waals surface area contributed by atoms with E-state index in [2.05, 4.69) is 6.58 Å². The van der Waals surface area contributed by atoms with Gasteiger partial charge in [0.25, 0.3) is 0 Å². The average molecular weight is 189 g/mol. The average Bonchev–Trinajstić information content (AvgIpc) is 1.84. The summed E-state index contributed by atoms with van der Waals surface area (Å²) >= 11 is 10.7. The zero-order valence-corrected chi connectivity index (χ0v) is 7.15. The summed E-state index contributed by atoms with van der Waals surface area (Å²) in [6.07, 6.45) is 2.67. The van der Waals surface area contributed by atoms with Crippen LogP contribution in [0.3, 0.4) is 0 Å². The summed E-state index contributed by atoms with van der Waals surface area (Å²) in [7, 11) is 0. The minimum absolute atomic E-state index is 0.0377. The number of hydrogen-bond acceptors (Lipinski definition) is 2. The second-order valence-electron chi connectivity index (χ2n) is 1.69. The van der Waals surface area contributed by atoms with E-state index in [1.807, 2.05) is 6.07 Å². The molecule has 0 aliphatic carbocycles. The Hall–Kier alpha value is -0.910. The first-order valence-corrected chi connectivity index (χ1v) is 3.40. The zero-order chi connectivity index (χ0) is 8.85. The van der Waals surface area contributed by atoms with E-state index in [4.69, 9.17) is 34.2 Å². The molecule has 0 aliphatic heterocycles. The molecule has 0 aliphatic rings. The van der Waals surface area contributed by atoms with E-state index in [9.17, 15) is 0 Å². The SMILES string of the molecule is C=C(Cl)/C=C(C#N)\C=C(/N)Cl. The number of nitrogens with two attached hydrogens (primary N) is 1. The monoisotopic (exact) mass is 188 g/mol. The van der Waals surface area contributed by atoms with Gasteiger partial charge in [-0.3, -0.25) is 0 Å². The maximum Gasteiger partial charge on any atom is 0.100 e. The summed E-state index contributed by atoms with van der Waals surface area (Å²) in [4.78, 5) is 0. The van der Waals surface area contributed by atoms with Crippen LogP contribution >= 0.6 is 23.2 Å². The summed E-state index contributed by atoms with van der Waals surface area (Å²) in [6, 6.07) is 1.84. The summed E-state index contributed by atoms with van der Waals surface area (Å²) < 4.78 is 0. The number of rotatable bonds is 2. The fraction of sp³-hybridized carbons (Fsp3) is 0. The number of nitrogens with zero attached hydrogens (tertiary/aromatic N) is 1. The van der Waals surface area contributed by atoms with Crippen molar-refractivity contribution in [1.82, 2.24) is 0 Å². The van der Waals surface area contributed by atoms with Gasteiger partial charge in [-0.1, -0.05) is 29.8 Å². The van der Waals surface area contributed by atoms with Crippen molar-refractivity contribution in [2.45, 2.75) is 0 Å². The topological polar surface area (TPSA) is 49.8 Å². The van der Waals surface area contributed by atoms with E-state index in [0.29, 0.717) is 0 Å². The van der Waals surface area contributed by atoms with Gasteiger partial charge in [-0.25, -0.2) is 0 Å². The highest BCUT2D eigenvalue weighted by Gasteiger charge is 1.91. The quantitative estimate of drug-likeness (QED) is 0.411. The van der Waals surface area contributed by atoms with Crippen molar-refractivity contribution in [1.29, 1.82) is 5.26 Å². The van der Waals surface area contributed by atoms with Crippen LogP contribution in [0.15, 0.2) is 34.5 Å². The third-order valence-electron chi connectivity index (χ3n) is 0.735. The molecule has 0 aromatic carbocycles. The van der Waals surface area contributed by atoms with Gasteiger partial charge in [-0.2, -0.15) is 5.26 Å². The molecule has 0 fully saturated rings. The number of nitriles is 1. The highest BCUT2D eigenvalue weighted by atomic mass is 35.5. The van der Waals surface area contributed by atoms with Gasteiger partial charge in [-0.15, -0.1) is 0 Å². The summed E-state index contributed by atoms with van der Waals surface area (Å²) in [5, 5.41) is 8.74. The molecule has 2 nitrogen and oxygen atoms in total. The van der Waals surface area contributed by atoms with E-state index in [-0.39, 0.29) is 15.8 Å². The van der Waals surface area contributed by atoms with Crippen LogP contribution in [-0.2, 0) is 0 Å². The van der Waals surface area contributed by atoms with Gasteiger partial charge in [0.1, 0.15) is 5.16 Å². The second kappa shape index (κ2) is 4.84. The molecule has 0 spiro atoms. The maximum atomic E-state index is 8.45. The zero-order valence-electron chi connectivity index (χ0n) is 5.64. The predicted molar refractivity (Wildman–Crippen MR) is 46.8 cm³/mol. The molecule has 0 aromatic heterocycles. The van der Waals surface area contributed by atoms with Gasteiger partial charge in [0.15, 0.2) is 0 Å². The molecular weight excluding hydrogens is 183 g/mol. The Bertz CT molecular complexity index is 254. The Balaban J connectivity index is 4.59. The largest absolute Gasteiger partial charge is 0.389 e. The lowest BCUT2D eigenvalue weighted by Crippen LogP contribution is -1.87. The van der Waals surface area contributed by atoms with Crippen molar-refractivity contribution >= 4 is 23.2 Å². The van der Waals surface area contributed by atoms with Crippen molar-refractivity contribution in [2.24, 2.45) is 5.73 Å². The molecule has 0 radical (unpaired) electrons. The molecule has 0 saturated carbocycles. The van der Waals surface area contributed by atoms with Crippen molar-refractivity contribution in [3.8, 4) is 6.07 Å². The highest BCUT2D eigenvalue weighted by molar-refractivity contribution is 6.31. The third kappa shape index (κ3) is 5.53. The molecule has 0 unspecified atom stereocenters. The first kappa shape index (κ1) is 10.1. The van der Waals surface area contributed by atoms with Crippen LogP contribution in [0.4, 0.5) is 0 Å². The predicted octanol–water partition coefficient (Wildman–Crippen LogP) is 2.23. The Morgan fingerprint density at radius 2 is 2.00 bits per heavy atom. The fourth-order valence-corrected chi connectivity index (χ4v) is 0.659. The molecule has 0 bridgehead atoms. The van der Waals surface area contributed by atoms with Crippen LogP contribution in [-0.4, -0.2) is 0 Å². The van der Waals surface area contributed by atoms with Crippen molar-refractivity contribution < 1.29 is 0 Å². The third-order valence-corrected chi connectivity index (χ3v) is 0.953. The van der Waals surface area contributed by atoms with Crippen LogP contribution in [0, 0.1) is 11.3 Å². The van der Waals surface area contributed by atoms with Gasteiger partial charge in [0.05, 0.1) is 11.6 Å². The molecule has 0 saturated heterocycles. The van der Waals surface area contributed by atoms with E-state index in [0.717, 1.165) is 0 Å². The lowest BCUT2D eigenvalue weighted by Gasteiger charge is -1.88. The molecule has 0 amide bonds. The summed E-state index contributed by atoms with van der Waals surface area (Å²) in [5.74, 6) is 0. The van der Waals surface area contributed by atoms with Crippen LogP contribution < -0.4 is 5.73 Å². The molecule has 2 N–H and O–H groups in total. The Morgan fingerprint density at radius 1 is 1.45 bits per heavy atom. The minimum atomic E-state index is 0.0377. The molecule has 4 heteroatoms. The van der Waals surface area contributed by atoms with Gasteiger partial charge >= 0.3 is 0 Å². The molecule has 0 aromatic rings. The normalized spacial score (nSPS) is 12.5. The van der Waals surface area contributed by atoms with E-state index in [1.54, 1.807) is 0 Å². The van der Waals surface area contributed by atoms with Gasteiger partial charge < -0.3 is 5.73 Å². The minimum Gasteiger partial charge on any atom is -0.389 e. The highest BCUT2D eigenvalue weighted by Crippen LogP contribution is 2.07. The summed E-state index contributed by atoms with van der Waals surface area (Å²) in [6.45, 7) is 3.37. The molecule has 0 rings (SSSR count). The molecule has 58 valence electrons. The molecule has 0 heterocycles. The van der Waals surface area contributed by atoms with Crippen molar-refractivity contribution in [3.05, 3.63) is 34.5 Å². The Morgan fingerprint density at radius 3 is 2.27 bits per heavy atom. The van der Waals surface area contributed by atoms with Crippen molar-refractivity contribution in [2.75, 3.05) is 0 Å². The molecular formula is C7H6Cl2N2. The first-order valence-electron chi connectivity index (χ1n) is 2.65. The van der Waals surface area contributed by atoms with Crippen molar-refractivity contribution in [3.63, 3.8) is 0 Å². The lowest BCUT2D eigenvalue weighted by molar-refractivity contribution is 1.46. The number of hydrogen-bond donors (Lipinski definition) is 1. The van der Waals surface area contributed by atoms with E-state index in [1.165, 1.54) is 12.2 Å². The standard InChI is InChI=1S/C7H6Cl2N2/c1-5(8)2-6(4-10)3-7(9)11/h2-3H,1,11H2/b6-2+,7-3-. The number of allylic oxidation sites excluding steroid dienone is 4. The maximum absolute atomic E-state index is 8.45. The number of halogens is 2. The summed E-state index contributed by atoms with van der Waals surface area (Å²) in [5.41, 5.74) is 5.38. The van der Waals surface area contributed by atoms with Crippen LogP contribution in [0.2, 0.25) is 0 Å². The van der Waals surface area contributed by atoms with E-state index < -0.39 is 0 Å². The second-order valence-corrected chi connectivity index (χ2v) is 2.61. The van der Waals surface area contributed by atoms with Crippen LogP contribution in [0.1, 0.15) is 0 Å². The smallest absolute Gasteiger partial charge is 0.100 e. The molecule has 11 heavy (non-hydrogen) atoms. The van der Waals surface area contributed by atoms with E-state index >= 15 is 0 Å². The van der Waals surface area contributed by atoms with Crippen LogP contribution in [0.25, 0.3) is 0 Å². The lowest BCUT2D eigenvalue weighted by atomic mass is 10.2. The molecule has 0 atom stereocenters. The van der Waals surface area contributed by atoms with Crippen LogP contribution in [0.5, 0.6) is 0 Å². The first-order chi connectivity index (χ1) is 5.06. The fourth-order valence-electron chi connectivity index (χ4n) is 0.424. The Kier molecular flexibility index (Phi) is 4.44. The van der Waals surface area contributed by atoms with Gasteiger partial charge in [-0.05, 0) is 12.2 Å². The van der Waals surface area contributed by atoms with Gasteiger partial charge in [0.2, 0.25) is 0 Å².